The second-order valence-corrected chi connectivity index (χ2v) is 5.54. The molecule has 1 aliphatic carbocycles. The van der Waals surface area contributed by atoms with E-state index in [-0.39, 0.29) is 5.91 Å². The van der Waals surface area contributed by atoms with Gasteiger partial charge < -0.3 is 15.0 Å². The maximum absolute atomic E-state index is 12.1. The summed E-state index contributed by atoms with van der Waals surface area (Å²) in [5.41, 5.74) is 0. The van der Waals surface area contributed by atoms with Crippen LogP contribution in [0.4, 0.5) is 0 Å². The minimum Gasteiger partial charge on any atom is -0.381 e. The minimum atomic E-state index is 0.276. The number of rotatable bonds is 4. The lowest BCUT2D eigenvalue weighted by molar-refractivity contribution is -0.130. The van der Waals surface area contributed by atoms with Gasteiger partial charge in [-0.25, -0.2) is 0 Å². The highest BCUT2D eigenvalue weighted by molar-refractivity contribution is 5.78. The van der Waals surface area contributed by atoms with Gasteiger partial charge in [-0.15, -0.1) is 0 Å². The van der Waals surface area contributed by atoms with Gasteiger partial charge in [0.1, 0.15) is 0 Å². The molecule has 0 radical (unpaired) electrons. The molecule has 1 saturated heterocycles. The zero-order chi connectivity index (χ0) is 12.8. The van der Waals surface area contributed by atoms with Crippen molar-refractivity contribution in [2.45, 2.75) is 57.1 Å². The summed E-state index contributed by atoms with van der Waals surface area (Å²) in [6.07, 6.45) is 8.56. The standard InChI is InChI=1S/C14H26N2O2/c1-18-13-7-6-12(10-13)15-11-14(17)16-8-4-2-3-5-9-16/h12-13,15H,2-11H2,1H3. The Morgan fingerprint density at radius 3 is 2.56 bits per heavy atom. The van der Waals surface area contributed by atoms with E-state index < -0.39 is 0 Å². The zero-order valence-corrected chi connectivity index (χ0v) is 11.5. The lowest BCUT2D eigenvalue weighted by atomic mass is 10.2. The van der Waals surface area contributed by atoms with Crippen molar-refractivity contribution in [3.05, 3.63) is 0 Å². The van der Waals surface area contributed by atoms with Crippen LogP contribution in [0.3, 0.4) is 0 Å². The summed E-state index contributed by atoms with van der Waals surface area (Å²) < 4.78 is 5.35. The highest BCUT2D eigenvalue weighted by Gasteiger charge is 2.25. The largest absolute Gasteiger partial charge is 0.381 e. The SMILES string of the molecule is COC1CCC(NCC(=O)N2CCCCCC2)C1. The van der Waals surface area contributed by atoms with Crippen LogP contribution in [0.25, 0.3) is 0 Å². The molecule has 4 nitrogen and oxygen atoms in total. The monoisotopic (exact) mass is 254 g/mol. The van der Waals surface area contributed by atoms with E-state index in [0.29, 0.717) is 18.7 Å². The Morgan fingerprint density at radius 2 is 1.94 bits per heavy atom. The molecule has 1 saturated carbocycles. The van der Waals surface area contributed by atoms with Crippen LogP contribution < -0.4 is 5.32 Å². The number of hydrogen-bond donors (Lipinski definition) is 1. The van der Waals surface area contributed by atoms with Crippen molar-refractivity contribution in [1.29, 1.82) is 0 Å². The average molecular weight is 254 g/mol. The smallest absolute Gasteiger partial charge is 0.236 e. The van der Waals surface area contributed by atoms with Crippen LogP contribution in [0.5, 0.6) is 0 Å². The normalized spacial score (nSPS) is 29.3. The van der Waals surface area contributed by atoms with Crippen LogP contribution in [0, 0.1) is 0 Å². The molecule has 0 aromatic carbocycles. The van der Waals surface area contributed by atoms with E-state index in [1.807, 2.05) is 4.90 Å². The second kappa shape index (κ2) is 7.10. The summed E-state index contributed by atoms with van der Waals surface area (Å²) in [6, 6.07) is 0.464. The summed E-state index contributed by atoms with van der Waals surface area (Å²) in [5, 5.41) is 3.39. The van der Waals surface area contributed by atoms with Gasteiger partial charge in [0.25, 0.3) is 0 Å². The molecule has 1 heterocycles. The molecule has 4 heteroatoms. The Balaban J connectivity index is 1.68. The molecule has 104 valence electrons. The molecule has 1 aliphatic heterocycles. The molecule has 1 amide bonds. The third kappa shape index (κ3) is 3.95. The number of methoxy groups -OCH3 is 1. The fourth-order valence-corrected chi connectivity index (χ4v) is 3.00. The Kier molecular flexibility index (Phi) is 5.45. The highest BCUT2D eigenvalue weighted by atomic mass is 16.5. The topological polar surface area (TPSA) is 41.6 Å². The first-order chi connectivity index (χ1) is 8.79. The van der Waals surface area contributed by atoms with Crippen molar-refractivity contribution in [3.63, 3.8) is 0 Å². The van der Waals surface area contributed by atoms with Crippen molar-refractivity contribution in [2.24, 2.45) is 0 Å². The van der Waals surface area contributed by atoms with Gasteiger partial charge in [-0.1, -0.05) is 12.8 Å². The molecule has 2 aliphatic rings. The predicted octanol–water partition coefficient (Wildman–Crippen LogP) is 1.55. The average Bonchev–Trinajstić information content (AvgIpc) is 2.68. The molecule has 0 aromatic heterocycles. The second-order valence-electron chi connectivity index (χ2n) is 5.54. The number of carbonyl (C=O) groups excluding carboxylic acids is 1. The van der Waals surface area contributed by atoms with Crippen LogP contribution in [0.15, 0.2) is 0 Å². The lowest BCUT2D eigenvalue weighted by Crippen LogP contribution is -2.41. The Morgan fingerprint density at radius 1 is 1.22 bits per heavy atom. The fourth-order valence-electron chi connectivity index (χ4n) is 3.00. The number of nitrogens with one attached hydrogen (secondary N) is 1. The number of carbonyl (C=O) groups is 1. The van der Waals surface area contributed by atoms with Gasteiger partial charge in [0.2, 0.25) is 5.91 Å². The molecule has 2 unspecified atom stereocenters. The van der Waals surface area contributed by atoms with Gasteiger partial charge in [0, 0.05) is 26.2 Å². The molecule has 2 rings (SSSR count). The van der Waals surface area contributed by atoms with E-state index in [4.69, 9.17) is 4.74 Å². The quantitative estimate of drug-likeness (QED) is 0.827. The van der Waals surface area contributed by atoms with Crippen LogP contribution in [-0.4, -0.2) is 49.7 Å². The van der Waals surface area contributed by atoms with E-state index in [1.165, 1.54) is 25.7 Å². The van der Waals surface area contributed by atoms with Crippen LogP contribution in [0.2, 0.25) is 0 Å². The van der Waals surface area contributed by atoms with Crippen molar-refractivity contribution >= 4 is 5.91 Å². The first-order valence-electron chi connectivity index (χ1n) is 7.33. The van der Waals surface area contributed by atoms with E-state index in [0.717, 1.165) is 32.4 Å². The summed E-state index contributed by atoms with van der Waals surface area (Å²) >= 11 is 0. The zero-order valence-electron chi connectivity index (χ0n) is 11.5. The first-order valence-corrected chi connectivity index (χ1v) is 7.33. The van der Waals surface area contributed by atoms with Gasteiger partial charge in [-0.3, -0.25) is 4.79 Å². The van der Waals surface area contributed by atoms with Crippen molar-refractivity contribution in [3.8, 4) is 0 Å². The Labute approximate surface area is 110 Å². The minimum absolute atomic E-state index is 0.276. The Bertz CT molecular complexity index is 263. The molecule has 1 N–H and O–H groups in total. The van der Waals surface area contributed by atoms with Gasteiger partial charge in [0.05, 0.1) is 12.6 Å². The summed E-state index contributed by atoms with van der Waals surface area (Å²) in [7, 11) is 1.77. The van der Waals surface area contributed by atoms with Gasteiger partial charge in [0.15, 0.2) is 0 Å². The molecule has 0 aromatic rings. The highest BCUT2D eigenvalue weighted by Crippen LogP contribution is 2.21. The van der Waals surface area contributed by atoms with E-state index in [9.17, 15) is 4.79 Å². The van der Waals surface area contributed by atoms with Gasteiger partial charge >= 0.3 is 0 Å². The van der Waals surface area contributed by atoms with E-state index in [2.05, 4.69) is 5.32 Å². The Hall–Kier alpha value is -0.610. The molecule has 2 fully saturated rings. The van der Waals surface area contributed by atoms with Crippen molar-refractivity contribution in [2.75, 3.05) is 26.7 Å². The lowest BCUT2D eigenvalue weighted by Gasteiger charge is -2.21. The summed E-state index contributed by atoms with van der Waals surface area (Å²) in [4.78, 5) is 14.1. The number of amides is 1. The van der Waals surface area contributed by atoms with Gasteiger partial charge in [-0.05, 0) is 32.1 Å². The van der Waals surface area contributed by atoms with Gasteiger partial charge in [-0.2, -0.15) is 0 Å². The van der Waals surface area contributed by atoms with Crippen LogP contribution in [-0.2, 0) is 9.53 Å². The molecule has 2 atom stereocenters. The maximum Gasteiger partial charge on any atom is 0.236 e. The van der Waals surface area contributed by atoms with E-state index in [1.54, 1.807) is 7.11 Å². The number of ether oxygens (including phenoxy) is 1. The third-order valence-corrected chi connectivity index (χ3v) is 4.22. The van der Waals surface area contributed by atoms with Crippen LogP contribution in [0.1, 0.15) is 44.9 Å². The molecule has 18 heavy (non-hydrogen) atoms. The number of likely N-dealkylation sites (tertiary alicyclic amines) is 1. The fraction of sp³-hybridized carbons (Fsp3) is 0.929. The molecular formula is C14H26N2O2. The molecular weight excluding hydrogens is 228 g/mol. The van der Waals surface area contributed by atoms with Crippen molar-refractivity contribution in [1.82, 2.24) is 10.2 Å². The third-order valence-electron chi connectivity index (χ3n) is 4.22. The maximum atomic E-state index is 12.1. The van der Waals surface area contributed by atoms with Crippen LogP contribution >= 0.6 is 0 Å². The molecule has 0 spiro atoms. The summed E-state index contributed by atoms with van der Waals surface area (Å²) in [6.45, 7) is 2.40. The van der Waals surface area contributed by atoms with E-state index >= 15 is 0 Å². The first kappa shape index (κ1) is 13.8. The molecule has 0 bridgehead atoms. The van der Waals surface area contributed by atoms with Crippen molar-refractivity contribution < 1.29 is 9.53 Å². The predicted molar refractivity (Wildman–Crippen MR) is 71.5 cm³/mol. The number of nitrogens with zero attached hydrogens (tertiary/aromatic N) is 1. The number of hydrogen-bond acceptors (Lipinski definition) is 3. The summed E-state index contributed by atoms with van der Waals surface area (Å²) in [5.74, 6) is 0.276.